The maximum absolute atomic E-state index is 11.1. The Morgan fingerprint density at radius 3 is 2.00 bits per heavy atom. The third-order valence-corrected chi connectivity index (χ3v) is 4.98. The molecular formula is C10H7N3O2S3. The van der Waals surface area contributed by atoms with Crippen LogP contribution >= 0.6 is 22.7 Å². The minimum Gasteiger partial charge on any atom is -0.233 e. The molecule has 0 aliphatic heterocycles. The molecule has 0 N–H and O–H groups in total. The van der Waals surface area contributed by atoms with Crippen LogP contribution in [0.2, 0.25) is 0 Å². The van der Waals surface area contributed by atoms with E-state index in [-0.39, 0.29) is 0 Å². The molecule has 0 spiro atoms. The van der Waals surface area contributed by atoms with Crippen molar-refractivity contribution in [3.05, 3.63) is 28.3 Å². The van der Waals surface area contributed by atoms with E-state index >= 15 is 0 Å². The summed E-state index contributed by atoms with van der Waals surface area (Å²) in [6.07, 6.45) is 1.07. The average Bonchev–Trinajstić information content (AvgIpc) is 2.63. The second-order valence-electron chi connectivity index (χ2n) is 3.62. The number of rotatable bonds is 1. The zero-order valence-corrected chi connectivity index (χ0v) is 11.6. The summed E-state index contributed by atoms with van der Waals surface area (Å²) >= 11 is 2.48. The van der Waals surface area contributed by atoms with Crippen LogP contribution in [0.5, 0.6) is 0 Å². The van der Waals surface area contributed by atoms with Crippen LogP contribution in [-0.2, 0) is 10.0 Å². The van der Waals surface area contributed by atoms with E-state index in [1.54, 1.807) is 0 Å². The summed E-state index contributed by atoms with van der Waals surface area (Å²) < 4.78 is 26.3. The van der Waals surface area contributed by atoms with Crippen LogP contribution < -0.4 is 3.98 Å². The van der Waals surface area contributed by atoms with Crippen LogP contribution in [0.4, 0.5) is 0 Å². The van der Waals surface area contributed by atoms with E-state index in [1.807, 2.05) is 24.3 Å². The molecule has 0 aliphatic rings. The molecule has 0 amide bonds. The molecule has 1 aromatic carbocycles. The predicted octanol–water partition coefficient (Wildman–Crippen LogP) is 1.77. The van der Waals surface area contributed by atoms with Crippen LogP contribution in [0.25, 0.3) is 20.7 Å². The maximum Gasteiger partial charge on any atom is 0.252 e. The lowest BCUT2D eigenvalue weighted by Crippen LogP contribution is -1.96. The smallest absolute Gasteiger partial charge is 0.233 e. The zero-order valence-electron chi connectivity index (χ0n) is 9.19. The summed E-state index contributed by atoms with van der Waals surface area (Å²) in [6.45, 7) is 0. The largest absolute Gasteiger partial charge is 0.252 e. The Bertz CT molecular complexity index is 853. The summed E-state index contributed by atoms with van der Waals surface area (Å²) in [4.78, 5) is 10.3. The fourth-order valence-corrected chi connectivity index (χ4v) is 4.62. The topological polar surface area (TPSA) is 72.3 Å². The molecule has 0 fully saturated rings. The van der Waals surface area contributed by atoms with Crippen molar-refractivity contribution in [2.75, 3.05) is 6.26 Å². The molecule has 0 aliphatic carbocycles. The number of sulfonamides is 1. The molecule has 0 radical (unpaired) electrons. The van der Waals surface area contributed by atoms with Gasteiger partial charge in [-0.15, -0.1) is 4.40 Å². The Kier molecular flexibility index (Phi) is 2.65. The summed E-state index contributed by atoms with van der Waals surface area (Å²) in [5.41, 5.74) is 1.59. The van der Waals surface area contributed by atoms with E-state index in [9.17, 15) is 8.42 Å². The minimum absolute atomic E-state index is 0.447. The first-order valence-electron chi connectivity index (χ1n) is 4.94. The van der Waals surface area contributed by atoms with E-state index in [4.69, 9.17) is 0 Å². The van der Waals surface area contributed by atoms with Crippen molar-refractivity contribution < 1.29 is 8.42 Å². The molecule has 2 aromatic heterocycles. The van der Waals surface area contributed by atoms with Gasteiger partial charge in [-0.25, -0.2) is 18.4 Å². The lowest BCUT2D eigenvalue weighted by atomic mass is 10.3. The van der Waals surface area contributed by atoms with Gasteiger partial charge in [0, 0.05) is 0 Å². The molecule has 0 saturated carbocycles. The Balaban J connectivity index is 2.36. The van der Waals surface area contributed by atoms with Gasteiger partial charge in [-0.05, 0) is 12.1 Å². The average molecular weight is 297 g/mol. The van der Waals surface area contributed by atoms with Crippen LogP contribution in [0.15, 0.2) is 28.7 Å². The molecule has 5 nitrogen and oxygen atoms in total. The van der Waals surface area contributed by atoms with Gasteiger partial charge in [0.2, 0.25) is 0 Å². The molecule has 92 valence electrons. The van der Waals surface area contributed by atoms with Crippen molar-refractivity contribution in [3.8, 4) is 0 Å². The fraction of sp³-hybridized carbons (Fsp3) is 0.100. The number of nitrogens with zero attached hydrogens (tertiary/aromatic N) is 3. The molecule has 3 rings (SSSR count). The molecule has 0 unspecified atom stereocenters. The van der Waals surface area contributed by atoms with Gasteiger partial charge in [-0.1, -0.05) is 34.8 Å². The molecule has 0 saturated heterocycles. The van der Waals surface area contributed by atoms with Crippen molar-refractivity contribution in [2.45, 2.75) is 0 Å². The highest BCUT2D eigenvalue weighted by molar-refractivity contribution is 7.89. The summed E-state index contributed by atoms with van der Waals surface area (Å²) in [6, 6.07) is 7.53. The van der Waals surface area contributed by atoms with Crippen molar-refractivity contribution in [1.29, 1.82) is 0 Å². The van der Waals surface area contributed by atoms with Gasteiger partial charge in [0.05, 0.1) is 17.3 Å². The number of hydrogen-bond donors (Lipinski definition) is 0. The minimum atomic E-state index is -3.38. The van der Waals surface area contributed by atoms with Gasteiger partial charge in [0.1, 0.15) is 0 Å². The van der Waals surface area contributed by atoms with Crippen LogP contribution in [0.3, 0.4) is 0 Å². The molecule has 2 heterocycles. The van der Waals surface area contributed by atoms with Crippen molar-refractivity contribution in [2.24, 2.45) is 4.40 Å². The molecule has 3 aromatic rings. The first-order valence-corrected chi connectivity index (χ1v) is 8.42. The standard InChI is InChI=1S/C10H7N3O2S3/c1-18(14,15)13-10-16-8-9(17-10)12-7-5-3-2-4-6(7)11-8/h2-5H,1H3. The molecule has 18 heavy (non-hydrogen) atoms. The Morgan fingerprint density at radius 1 is 1.06 bits per heavy atom. The molecule has 0 atom stereocenters. The monoisotopic (exact) mass is 297 g/mol. The predicted molar refractivity (Wildman–Crippen MR) is 73.2 cm³/mol. The summed E-state index contributed by atoms with van der Waals surface area (Å²) in [5, 5.41) is 0. The highest BCUT2D eigenvalue weighted by atomic mass is 32.2. The van der Waals surface area contributed by atoms with E-state index in [0.717, 1.165) is 17.3 Å². The third kappa shape index (κ3) is 2.26. The van der Waals surface area contributed by atoms with Crippen LogP contribution in [-0.4, -0.2) is 24.6 Å². The normalized spacial score (nSPS) is 12.1. The summed E-state index contributed by atoms with van der Waals surface area (Å²) in [7, 11) is -3.38. The Morgan fingerprint density at radius 2 is 1.56 bits per heavy atom. The summed E-state index contributed by atoms with van der Waals surface area (Å²) in [5.74, 6) is 0. The lowest BCUT2D eigenvalue weighted by Gasteiger charge is -1.93. The van der Waals surface area contributed by atoms with Crippen molar-refractivity contribution in [3.63, 3.8) is 0 Å². The number of fused-ring (bicyclic) bond motifs is 2. The van der Waals surface area contributed by atoms with Gasteiger partial charge in [-0.3, -0.25) is 0 Å². The fourth-order valence-electron chi connectivity index (χ4n) is 1.46. The van der Waals surface area contributed by atoms with E-state index < -0.39 is 10.0 Å². The number of hydrogen-bond acceptors (Lipinski definition) is 6. The quantitative estimate of drug-likeness (QED) is 0.686. The third-order valence-electron chi connectivity index (χ3n) is 2.12. The molecule has 8 heteroatoms. The van der Waals surface area contributed by atoms with E-state index in [2.05, 4.69) is 14.4 Å². The highest BCUT2D eigenvalue weighted by Crippen LogP contribution is 2.20. The van der Waals surface area contributed by atoms with Crippen LogP contribution in [0, 0.1) is 0 Å². The SMILES string of the molecule is CS(=O)(=O)N=c1sc2nc3ccccc3nc2s1. The second-order valence-corrected chi connectivity index (χ2v) is 7.48. The van der Waals surface area contributed by atoms with Gasteiger partial charge in [0.25, 0.3) is 10.0 Å². The number of benzene rings is 1. The second kappa shape index (κ2) is 4.08. The lowest BCUT2D eigenvalue weighted by molar-refractivity contribution is 0.603. The number of aromatic nitrogens is 2. The molecular weight excluding hydrogens is 290 g/mol. The molecule has 0 bridgehead atoms. The van der Waals surface area contributed by atoms with Gasteiger partial charge < -0.3 is 0 Å². The highest BCUT2D eigenvalue weighted by Gasteiger charge is 2.06. The van der Waals surface area contributed by atoms with Crippen LogP contribution in [0.1, 0.15) is 0 Å². The first kappa shape index (κ1) is 11.7. The van der Waals surface area contributed by atoms with Gasteiger partial charge >= 0.3 is 0 Å². The first-order chi connectivity index (χ1) is 8.51. The Hall–Kier alpha value is -1.38. The van der Waals surface area contributed by atoms with Gasteiger partial charge in [0.15, 0.2) is 13.6 Å². The van der Waals surface area contributed by atoms with E-state index in [1.165, 1.54) is 22.7 Å². The van der Waals surface area contributed by atoms with Crippen molar-refractivity contribution in [1.82, 2.24) is 9.97 Å². The Labute approximate surface area is 111 Å². The van der Waals surface area contributed by atoms with Gasteiger partial charge in [-0.2, -0.15) is 0 Å². The van der Waals surface area contributed by atoms with E-state index in [0.29, 0.717) is 13.6 Å². The van der Waals surface area contributed by atoms with Crippen molar-refractivity contribution >= 4 is 53.4 Å². The maximum atomic E-state index is 11.1. The number of para-hydroxylation sites is 2. The zero-order chi connectivity index (χ0) is 12.8.